The van der Waals surface area contributed by atoms with Gasteiger partial charge < -0.3 is 0 Å². The van der Waals surface area contributed by atoms with Crippen molar-refractivity contribution in [1.29, 1.82) is 0 Å². The van der Waals surface area contributed by atoms with Gasteiger partial charge in [0.05, 0.1) is 4.08 Å². The highest BCUT2D eigenvalue weighted by atomic mass is 32.3. The molecule has 0 amide bonds. The average Bonchev–Trinajstić information content (AvgIpc) is 2.07. The normalized spacial score (nSPS) is 33.0. The van der Waals surface area contributed by atoms with Gasteiger partial charge in [-0.15, -0.1) is 0 Å². The summed E-state index contributed by atoms with van der Waals surface area (Å²) in [4.78, 5) is 0. The quantitative estimate of drug-likeness (QED) is 0.527. The fraction of sp³-hybridized carbons (Fsp3) is 1.00. The van der Waals surface area contributed by atoms with Crippen LogP contribution in [-0.4, -0.2) is 4.08 Å². The molecule has 2 fully saturated rings. The topological polar surface area (TPSA) is 12.0 Å². The van der Waals surface area contributed by atoms with Crippen LogP contribution in [0.5, 0.6) is 0 Å². The van der Waals surface area contributed by atoms with Crippen LogP contribution in [0.1, 0.15) is 25.7 Å². The first-order valence-electron chi connectivity index (χ1n) is 3.02. The van der Waals surface area contributed by atoms with Crippen LogP contribution in [0.3, 0.4) is 0 Å². The Morgan fingerprint density at radius 1 is 1.12 bits per heavy atom. The molecule has 3 heteroatoms. The summed E-state index contributed by atoms with van der Waals surface area (Å²) in [6.07, 6.45) is 5.74. The van der Waals surface area contributed by atoms with Crippen LogP contribution in [0, 0.1) is 0 Å². The Morgan fingerprint density at radius 3 is 2.00 bits per heavy atom. The lowest BCUT2D eigenvalue weighted by molar-refractivity contribution is 0.824. The molecule has 0 atom stereocenters. The Labute approximate surface area is 58.3 Å². The van der Waals surface area contributed by atoms with E-state index in [0.717, 1.165) is 0 Å². The predicted molar refractivity (Wildman–Crippen MR) is 39.5 cm³/mol. The van der Waals surface area contributed by atoms with Crippen molar-refractivity contribution in [2.24, 2.45) is 0 Å². The lowest BCUT2D eigenvalue weighted by Gasteiger charge is -2.35. The molecule has 1 nitrogen and oxygen atoms in total. The van der Waals surface area contributed by atoms with Gasteiger partial charge in [0.25, 0.3) is 0 Å². The van der Waals surface area contributed by atoms with E-state index in [1.165, 1.54) is 25.7 Å². The van der Waals surface area contributed by atoms with Gasteiger partial charge in [-0.05, 0) is 12.8 Å². The van der Waals surface area contributed by atoms with E-state index in [-0.39, 0.29) is 0 Å². The number of rotatable bonds is 0. The van der Waals surface area contributed by atoms with Crippen molar-refractivity contribution in [1.82, 2.24) is 4.13 Å². The number of hydrogen-bond donors (Lipinski definition) is 1. The van der Waals surface area contributed by atoms with Crippen LogP contribution >= 0.6 is 23.9 Å². The van der Waals surface area contributed by atoms with Crippen LogP contribution in [0.15, 0.2) is 0 Å². The van der Waals surface area contributed by atoms with Gasteiger partial charge in [-0.1, -0.05) is 36.7 Å². The lowest BCUT2D eigenvalue weighted by Crippen LogP contribution is -2.30. The standard InChI is InChI=1S/C5H9NS2/c1-2-4-5(3-1)7-6-8-5/h6H,1-4H2. The Balaban J connectivity index is 2.01. The summed E-state index contributed by atoms with van der Waals surface area (Å²) in [5.74, 6) is 0. The zero-order chi connectivity index (χ0) is 5.45. The second kappa shape index (κ2) is 1.82. The third kappa shape index (κ3) is 0.684. The summed E-state index contributed by atoms with van der Waals surface area (Å²) < 4.78 is 3.82. The van der Waals surface area contributed by atoms with E-state index in [9.17, 15) is 0 Å². The van der Waals surface area contributed by atoms with Gasteiger partial charge in [0.1, 0.15) is 0 Å². The summed E-state index contributed by atoms with van der Waals surface area (Å²) in [7, 11) is 0. The van der Waals surface area contributed by atoms with Crippen molar-refractivity contribution in [3.05, 3.63) is 0 Å². The summed E-state index contributed by atoms with van der Waals surface area (Å²) in [5, 5.41) is 0. The maximum Gasteiger partial charge on any atom is 0.0915 e. The largest absolute Gasteiger partial charge is 0.206 e. The first-order chi connectivity index (χ1) is 3.91. The monoisotopic (exact) mass is 147 g/mol. The summed E-state index contributed by atoms with van der Waals surface area (Å²) >= 11 is 3.86. The minimum atomic E-state index is 0.639. The Bertz CT molecular complexity index is 92.6. The summed E-state index contributed by atoms with van der Waals surface area (Å²) in [6.45, 7) is 0. The molecule has 2 aliphatic rings. The van der Waals surface area contributed by atoms with E-state index in [0.29, 0.717) is 4.08 Å². The Kier molecular flexibility index (Phi) is 1.24. The van der Waals surface area contributed by atoms with Gasteiger partial charge in [0, 0.05) is 0 Å². The molecule has 1 saturated heterocycles. The van der Waals surface area contributed by atoms with E-state index < -0.39 is 0 Å². The van der Waals surface area contributed by atoms with Gasteiger partial charge in [0.2, 0.25) is 0 Å². The van der Waals surface area contributed by atoms with Crippen molar-refractivity contribution in [3.63, 3.8) is 0 Å². The van der Waals surface area contributed by atoms with Crippen molar-refractivity contribution < 1.29 is 0 Å². The summed E-state index contributed by atoms with van der Waals surface area (Å²) in [6, 6.07) is 0. The van der Waals surface area contributed by atoms with Crippen LogP contribution in [0.4, 0.5) is 0 Å². The predicted octanol–water partition coefficient (Wildman–Crippen LogP) is 2.16. The van der Waals surface area contributed by atoms with Crippen molar-refractivity contribution in [3.8, 4) is 0 Å². The Hall–Kier alpha value is 0.660. The minimum absolute atomic E-state index is 0.639. The van der Waals surface area contributed by atoms with Crippen molar-refractivity contribution in [2.75, 3.05) is 0 Å². The highest BCUT2D eigenvalue weighted by Gasteiger charge is 2.41. The molecule has 0 aromatic heterocycles. The molecule has 0 unspecified atom stereocenters. The fourth-order valence-corrected chi connectivity index (χ4v) is 3.54. The van der Waals surface area contributed by atoms with Crippen LogP contribution < -0.4 is 4.13 Å². The molecule has 1 saturated carbocycles. The number of hydrogen-bond acceptors (Lipinski definition) is 3. The van der Waals surface area contributed by atoms with Crippen LogP contribution in [0.2, 0.25) is 0 Å². The molecule has 8 heavy (non-hydrogen) atoms. The summed E-state index contributed by atoms with van der Waals surface area (Å²) in [5.41, 5.74) is 0. The van der Waals surface area contributed by atoms with Gasteiger partial charge in [-0.25, -0.2) is 4.13 Å². The van der Waals surface area contributed by atoms with Gasteiger partial charge in [0.15, 0.2) is 0 Å². The van der Waals surface area contributed by atoms with E-state index >= 15 is 0 Å². The minimum Gasteiger partial charge on any atom is -0.206 e. The molecule has 0 aromatic rings. The molecule has 2 rings (SSSR count). The van der Waals surface area contributed by atoms with Gasteiger partial charge in [-0.2, -0.15) is 0 Å². The molecule has 0 aromatic carbocycles. The van der Waals surface area contributed by atoms with Crippen LogP contribution in [-0.2, 0) is 0 Å². The highest BCUT2D eigenvalue weighted by molar-refractivity contribution is 8.30. The molecule has 1 spiro atoms. The molecule has 1 N–H and O–H groups in total. The van der Waals surface area contributed by atoms with Gasteiger partial charge >= 0.3 is 0 Å². The zero-order valence-corrected chi connectivity index (χ0v) is 6.28. The molecule has 1 aliphatic carbocycles. The lowest BCUT2D eigenvalue weighted by atomic mass is 10.4. The van der Waals surface area contributed by atoms with E-state index in [4.69, 9.17) is 0 Å². The molecular weight excluding hydrogens is 138 g/mol. The molecule has 1 heterocycles. The molecule has 0 bridgehead atoms. The van der Waals surface area contributed by atoms with E-state index in [1.807, 2.05) is 23.9 Å². The van der Waals surface area contributed by atoms with E-state index in [2.05, 4.69) is 4.13 Å². The van der Waals surface area contributed by atoms with E-state index in [1.54, 1.807) is 0 Å². The first-order valence-corrected chi connectivity index (χ1v) is 4.66. The third-order valence-corrected chi connectivity index (χ3v) is 4.55. The maximum absolute atomic E-state index is 3.18. The van der Waals surface area contributed by atoms with Crippen molar-refractivity contribution >= 4 is 23.9 Å². The zero-order valence-electron chi connectivity index (χ0n) is 4.64. The smallest absolute Gasteiger partial charge is 0.0915 e. The van der Waals surface area contributed by atoms with Crippen molar-refractivity contribution in [2.45, 2.75) is 29.8 Å². The van der Waals surface area contributed by atoms with Gasteiger partial charge in [-0.3, -0.25) is 0 Å². The molecular formula is C5H9NS2. The average molecular weight is 147 g/mol. The van der Waals surface area contributed by atoms with Crippen LogP contribution in [0.25, 0.3) is 0 Å². The molecule has 0 radical (unpaired) electrons. The molecule has 46 valence electrons. The maximum atomic E-state index is 3.18. The second-order valence-corrected chi connectivity index (χ2v) is 5.30. The second-order valence-electron chi connectivity index (χ2n) is 2.41. The number of nitrogens with one attached hydrogen (secondary N) is 1. The third-order valence-electron chi connectivity index (χ3n) is 1.82. The SMILES string of the molecule is C1CCC2(C1)SNS2. The first kappa shape index (κ1) is 5.45. The fourth-order valence-electron chi connectivity index (χ4n) is 1.28. The molecule has 1 aliphatic heterocycles. The highest BCUT2D eigenvalue weighted by Crippen LogP contribution is 2.55. The Morgan fingerprint density at radius 2 is 1.75 bits per heavy atom.